The van der Waals surface area contributed by atoms with Gasteiger partial charge in [-0.25, -0.2) is 4.99 Å². The van der Waals surface area contributed by atoms with Gasteiger partial charge in [-0.05, 0) is 89.9 Å². The fraction of sp³-hybridized carbons (Fsp3) is 0.154. The molecule has 0 radical (unpaired) electrons. The molecule has 2 heterocycles. The summed E-state index contributed by atoms with van der Waals surface area (Å²) in [7, 11) is 1.93. The number of benzene rings is 6. The van der Waals surface area contributed by atoms with E-state index in [4.69, 9.17) is 9.98 Å². The molecule has 278 valence electrons. The molecule has 2 aliphatic carbocycles. The molecule has 0 saturated carbocycles. The van der Waals surface area contributed by atoms with Gasteiger partial charge in [0.2, 0.25) is 5.96 Å². The predicted octanol–water partition coefficient (Wildman–Crippen LogP) is 12.2. The van der Waals surface area contributed by atoms with Crippen LogP contribution in [0.5, 0.6) is 0 Å². The average Bonchev–Trinajstić information content (AvgIpc) is 3.80. The number of amidine groups is 1. The molecule has 1 aromatic heterocycles. The Morgan fingerprint density at radius 1 is 0.684 bits per heavy atom. The van der Waals surface area contributed by atoms with E-state index in [1.165, 1.54) is 68.4 Å². The summed E-state index contributed by atoms with van der Waals surface area (Å²) in [5.41, 5.74) is 13.4. The Labute approximate surface area is 334 Å². The van der Waals surface area contributed by atoms with E-state index < -0.39 is 0 Å². The van der Waals surface area contributed by atoms with Crippen LogP contribution in [-0.4, -0.2) is 36.0 Å². The van der Waals surface area contributed by atoms with Crippen LogP contribution in [0.1, 0.15) is 42.7 Å². The minimum absolute atomic E-state index is 0.255. The number of anilines is 2. The van der Waals surface area contributed by atoms with Gasteiger partial charge in [-0.1, -0.05) is 145 Å². The van der Waals surface area contributed by atoms with E-state index in [0.717, 1.165) is 35.3 Å². The normalized spacial score (nSPS) is 17.8. The molecule has 3 aliphatic rings. The number of hydrogen-bond acceptors (Lipinski definition) is 2. The zero-order valence-corrected chi connectivity index (χ0v) is 32.2. The lowest BCUT2D eigenvalue weighted by Gasteiger charge is -2.28. The lowest BCUT2D eigenvalue weighted by atomic mass is 9.86. The molecular formula is C52H45N5. The summed E-state index contributed by atoms with van der Waals surface area (Å²) >= 11 is 0. The maximum absolute atomic E-state index is 5.27. The number of fused-ring (bicyclic) bond motifs is 6. The Morgan fingerprint density at radius 2 is 1.42 bits per heavy atom. The average molecular weight is 740 g/mol. The molecule has 6 aromatic carbocycles. The van der Waals surface area contributed by atoms with Gasteiger partial charge in [0.15, 0.2) is 0 Å². The monoisotopic (exact) mass is 739 g/mol. The van der Waals surface area contributed by atoms with E-state index in [1.54, 1.807) is 0 Å². The summed E-state index contributed by atoms with van der Waals surface area (Å²) < 4.78 is 2.25. The Kier molecular flexibility index (Phi) is 9.19. The number of rotatable bonds is 6. The molecule has 7 aromatic rings. The van der Waals surface area contributed by atoms with Crippen LogP contribution in [0.3, 0.4) is 0 Å². The Hall–Kier alpha value is -6.72. The minimum Gasteiger partial charge on any atom is -0.373 e. The van der Waals surface area contributed by atoms with Crippen LogP contribution in [-0.2, 0) is 0 Å². The van der Waals surface area contributed by atoms with Crippen molar-refractivity contribution in [3.8, 4) is 22.3 Å². The van der Waals surface area contributed by atoms with Gasteiger partial charge in [0.1, 0.15) is 5.84 Å². The SMILES string of the molecule is CN/C(=N\C(=NCC1=CCCCC1)n1c2ccccc2c2cc(-c3ccc(-c4cccc5c4C4C=CC=CC4N5c4ccccc4)cc3)ccc21)c1ccccc1. The molecule has 2 unspecified atom stereocenters. The Bertz CT molecular complexity index is 2750. The zero-order valence-electron chi connectivity index (χ0n) is 32.2. The first-order valence-corrected chi connectivity index (χ1v) is 20.3. The van der Waals surface area contributed by atoms with Crippen molar-refractivity contribution >= 4 is 45.0 Å². The number of hydrogen-bond donors (Lipinski definition) is 1. The number of nitrogens with one attached hydrogen (secondary N) is 1. The fourth-order valence-electron chi connectivity index (χ4n) is 9.08. The molecule has 57 heavy (non-hydrogen) atoms. The van der Waals surface area contributed by atoms with Crippen LogP contribution < -0.4 is 10.2 Å². The Morgan fingerprint density at radius 3 is 2.23 bits per heavy atom. The molecule has 2 atom stereocenters. The number of aromatic nitrogens is 1. The van der Waals surface area contributed by atoms with Gasteiger partial charge in [-0.2, -0.15) is 4.99 Å². The van der Waals surface area contributed by atoms with Gasteiger partial charge in [0.05, 0.1) is 23.6 Å². The van der Waals surface area contributed by atoms with Crippen molar-refractivity contribution in [1.82, 2.24) is 9.88 Å². The number of allylic oxidation sites excluding steroid dienone is 3. The lowest BCUT2D eigenvalue weighted by Crippen LogP contribution is -2.28. The van der Waals surface area contributed by atoms with Crippen LogP contribution in [0.25, 0.3) is 44.1 Å². The van der Waals surface area contributed by atoms with E-state index in [9.17, 15) is 0 Å². The third-order valence-electron chi connectivity index (χ3n) is 11.8. The molecule has 0 saturated heterocycles. The summed E-state index contributed by atoms with van der Waals surface area (Å²) in [6.45, 7) is 0.645. The summed E-state index contributed by atoms with van der Waals surface area (Å²) in [6.07, 6.45) is 16.2. The largest absolute Gasteiger partial charge is 0.373 e. The van der Waals surface area contributed by atoms with Crippen molar-refractivity contribution in [2.75, 3.05) is 18.5 Å². The molecule has 0 amide bonds. The quantitative estimate of drug-likeness (QED) is 0.105. The Balaban J connectivity index is 1.04. The number of nitrogens with zero attached hydrogens (tertiary/aromatic N) is 4. The summed E-state index contributed by atoms with van der Waals surface area (Å²) in [5, 5.41) is 5.73. The zero-order chi connectivity index (χ0) is 38.1. The predicted molar refractivity (Wildman–Crippen MR) is 240 cm³/mol. The van der Waals surface area contributed by atoms with Crippen LogP contribution in [0.15, 0.2) is 192 Å². The molecule has 0 fully saturated rings. The van der Waals surface area contributed by atoms with Crippen molar-refractivity contribution in [2.45, 2.75) is 37.6 Å². The standard InChI is InChI=1S/C52H45N5/c1-53-51(39-18-7-3-8-19-39)55-52(54-35-36-16-5-2-6-17-36)57-46-25-13-11-22-43(46)45-34-40(32-33-48(45)57)37-28-30-38(31-29-37)42-24-15-27-49-50(42)44-23-12-14-26-47(44)56(49)41-20-9-4-10-21-41/h3-4,7-16,18-34,44,47H,2,5-6,17,35H2,1H3,(H,53,54,55). The van der Waals surface area contributed by atoms with E-state index in [0.29, 0.717) is 12.5 Å². The van der Waals surface area contributed by atoms with Crippen LogP contribution in [0, 0.1) is 0 Å². The molecule has 0 bridgehead atoms. The first kappa shape index (κ1) is 34.7. The second kappa shape index (κ2) is 15.1. The highest BCUT2D eigenvalue weighted by molar-refractivity contribution is 6.17. The first-order chi connectivity index (χ1) is 28.2. The van der Waals surface area contributed by atoms with Crippen molar-refractivity contribution < 1.29 is 0 Å². The van der Waals surface area contributed by atoms with Crippen LogP contribution in [0.4, 0.5) is 11.4 Å². The topological polar surface area (TPSA) is 44.9 Å². The molecule has 1 N–H and O–H groups in total. The number of para-hydroxylation sites is 2. The molecule has 1 aliphatic heterocycles. The van der Waals surface area contributed by atoms with Crippen molar-refractivity contribution in [2.24, 2.45) is 9.98 Å². The lowest BCUT2D eigenvalue weighted by molar-refractivity contribution is 0.691. The smallest absolute Gasteiger partial charge is 0.232 e. The molecular weight excluding hydrogens is 695 g/mol. The third-order valence-corrected chi connectivity index (χ3v) is 11.8. The summed E-state index contributed by atoms with van der Waals surface area (Å²) in [6, 6.07) is 52.8. The van der Waals surface area contributed by atoms with E-state index in [1.807, 2.05) is 25.2 Å². The fourth-order valence-corrected chi connectivity index (χ4v) is 9.08. The molecule has 5 nitrogen and oxygen atoms in total. The van der Waals surface area contributed by atoms with Crippen LogP contribution >= 0.6 is 0 Å². The highest BCUT2D eigenvalue weighted by Gasteiger charge is 2.39. The first-order valence-electron chi connectivity index (χ1n) is 20.3. The maximum Gasteiger partial charge on any atom is 0.232 e. The second-order valence-electron chi connectivity index (χ2n) is 15.2. The van der Waals surface area contributed by atoms with Gasteiger partial charge >= 0.3 is 0 Å². The maximum atomic E-state index is 5.27. The molecule has 0 spiro atoms. The van der Waals surface area contributed by atoms with Gasteiger partial charge in [-0.15, -0.1) is 0 Å². The second-order valence-corrected chi connectivity index (χ2v) is 15.2. The van der Waals surface area contributed by atoms with Gasteiger partial charge in [0, 0.05) is 40.7 Å². The van der Waals surface area contributed by atoms with E-state index in [2.05, 4.69) is 173 Å². The van der Waals surface area contributed by atoms with Crippen molar-refractivity contribution in [1.29, 1.82) is 0 Å². The summed E-state index contributed by atoms with van der Waals surface area (Å²) in [4.78, 5) is 13.0. The third kappa shape index (κ3) is 6.39. The minimum atomic E-state index is 0.255. The van der Waals surface area contributed by atoms with Gasteiger partial charge in [-0.3, -0.25) is 4.57 Å². The van der Waals surface area contributed by atoms with Gasteiger partial charge in [0.25, 0.3) is 0 Å². The molecule has 10 rings (SSSR count). The van der Waals surface area contributed by atoms with E-state index in [-0.39, 0.29) is 12.0 Å². The van der Waals surface area contributed by atoms with Gasteiger partial charge < -0.3 is 10.2 Å². The van der Waals surface area contributed by atoms with E-state index >= 15 is 0 Å². The summed E-state index contributed by atoms with van der Waals surface area (Å²) in [5.74, 6) is 1.76. The van der Waals surface area contributed by atoms with Crippen LogP contribution in [0.2, 0.25) is 0 Å². The number of aliphatic imine (C=N–C) groups is 2. The van der Waals surface area contributed by atoms with Crippen molar-refractivity contribution in [3.05, 3.63) is 193 Å². The highest BCUT2D eigenvalue weighted by Crippen LogP contribution is 2.51. The highest BCUT2D eigenvalue weighted by atomic mass is 15.2. The molecule has 5 heteroatoms. The van der Waals surface area contributed by atoms with Crippen molar-refractivity contribution in [3.63, 3.8) is 0 Å².